The smallest absolute Gasteiger partial charge is 0.192 e. The summed E-state index contributed by atoms with van der Waals surface area (Å²) >= 11 is 0. The van der Waals surface area contributed by atoms with E-state index in [1.807, 2.05) is 44.2 Å². The van der Waals surface area contributed by atoms with Gasteiger partial charge in [0.1, 0.15) is 11.3 Å². The van der Waals surface area contributed by atoms with Crippen molar-refractivity contribution in [3.8, 4) is 0 Å². The summed E-state index contributed by atoms with van der Waals surface area (Å²) in [5.41, 5.74) is 4.06. The fourth-order valence-electron chi connectivity index (χ4n) is 6.03. The Labute approximate surface area is 217 Å². The van der Waals surface area contributed by atoms with Gasteiger partial charge in [-0.15, -0.1) is 0 Å². The standard InChI is InChI=1S/C32H33NO4/c1-19-18-27(35)24-14-9-15-25(32(24)37-19)30-28(26(34)17-16-22-10-7-8-11-22)20(2)33-21(3)29(30)31(36)23-12-5-4-6-13-23/h4-6,9,12-15,18,22,30,33H,7-8,10-11,16-17H2,1-3H3. The molecular weight excluding hydrogens is 462 g/mol. The zero-order chi connectivity index (χ0) is 26.1. The molecule has 0 radical (unpaired) electrons. The molecule has 1 aliphatic heterocycles. The number of fused-ring (bicyclic) bond motifs is 1. The molecule has 1 aromatic heterocycles. The van der Waals surface area contributed by atoms with Crippen molar-refractivity contribution in [2.45, 2.75) is 65.2 Å². The maximum absolute atomic E-state index is 14.0. The first-order valence-electron chi connectivity index (χ1n) is 13.2. The number of nitrogens with one attached hydrogen (secondary N) is 1. The molecule has 3 aromatic rings. The predicted molar refractivity (Wildman–Crippen MR) is 145 cm³/mol. The van der Waals surface area contributed by atoms with Crippen LogP contribution in [0.5, 0.6) is 0 Å². The van der Waals surface area contributed by atoms with E-state index < -0.39 is 5.92 Å². The Bertz CT molecular complexity index is 1490. The van der Waals surface area contributed by atoms with Gasteiger partial charge < -0.3 is 9.73 Å². The Hall–Kier alpha value is -3.73. The van der Waals surface area contributed by atoms with Crippen LogP contribution in [0.4, 0.5) is 0 Å². The fourth-order valence-corrected chi connectivity index (χ4v) is 6.03. The highest BCUT2D eigenvalue weighted by Crippen LogP contribution is 2.43. The highest BCUT2D eigenvalue weighted by molar-refractivity contribution is 6.13. The summed E-state index contributed by atoms with van der Waals surface area (Å²) in [7, 11) is 0. The second kappa shape index (κ2) is 10.3. The van der Waals surface area contributed by atoms with E-state index in [1.54, 1.807) is 25.1 Å². The number of hydrogen-bond donors (Lipinski definition) is 1. The molecule has 1 unspecified atom stereocenters. The number of rotatable bonds is 7. The SMILES string of the molecule is CC1=C(C(=O)CCC2CCCC2)C(c2cccc3c(=O)cc(C)oc23)C(C(=O)c2ccccc2)=C(C)N1. The topological polar surface area (TPSA) is 76.4 Å². The van der Waals surface area contributed by atoms with E-state index in [9.17, 15) is 14.4 Å². The molecule has 2 aromatic carbocycles. The predicted octanol–water partition coefficient (Wildman–Crippen LogP) is 6.76. The van der Waals surface area contributed by atoms with Gasteiger partial charge in [0.15, 0.2) is 17.0 Å². The summed E-state index contributed by atoms with van der Waals surface area (Å²) in [6.45, 7) is 5.51. The number of para-hydroxylation sites is 1. The molecule has 190 valence electrons. The Balaban J connectivity index is 1.68. The van der Waals surface area contributed by atoms with Crippen molar-refractivity contribution in [3.63, 3.8) is 0 Å². The highest BCUT2D eigenvalue weighted by Gasteiger charge is 2.38. The minimum absolute atomic E-state index is 0.0414. The quantitative estimate of drug-likeness (QED) is 0.367. The molecule has 2 aliphatic rings. The van der Waals surface area contributed by atoms with Gasteiger partial charge in [0.2, 0.25) is 0 Å². The van der Waals surface area contributed by atoms with E-state index in [4.69, 9.17) is 4.42 Å². The zero-order valence-corrected chi connectivity index (χ0v) is 21.7. The number of carbonyl (C=O) groups excluding carboxylic acids is 2. The van der Waals surface area contributed by atoms with E-state index in [2.05, 4.69) is 5.32 Å². The first-order chi connectivity index (χ1) is 17.8. The second-order valence-corrected chi connectivity index (χ2v) is 10.4. The molecule has 1 fully saturated rings. The van der Waals surface area contributed by atoms with Crippen LogP contribution in [0.3, 0.4) is 0 Å². The monoisotopic (exact) mass is 495 g/mol. The lowest BCUT2D eigenvalue weighted by atomic mass is 9.75. The summed E-state index contributed by atoms with van der Waals surface area (Å²) < 4.78 is 6.11. The zero-order valence-electron chi connectivity index (χ0n) is 21.7. The fraction of sp³-hybridized carbons (Fsp3) is 0.344. The third-order valence-electron chi connectivity index (χ3n) is 7.82. The van der Waals surface area contributed by atoms with E-state index in [1.165, 1.54) is 31.7 Å². The number of benzene rings is 2. The van der Waals surface area contributed by atoms with Crippen molar-refractivity contribution >= 4 is 22.5 Å². The van der Waals surface area contributed by atoms with Gasteiger partial charge in [-0.2, -0.15) is 0 Å². The van der Waals surface area contributed by atoms with Gasteiger partial charge in [-0.05, 0) is 39.2 Å². The normalized spacial score (nSPS) is 18.4. The van der Waals surface area contributed by atoms with Crippen molar-refractivity contribution in [3.05, 3.63) is 104 Å². The largest absolute Gasteiger partial charge is 0.461 e. The van der Waals surface area contributed by atoms with Crippen LogP contribution in [-0.4, -0.2) is 11.6 Å². The number of carbonyl (C=O) groups is 2. The molecule has 5 heteroatoms. The van der Waals surface area contributed by atoms with Crippen molar-refractivity contribution in [2.24, 2.45) is 5.92 Å². The van der Waals surface area contributed by atoms with E-state index in [-0.39, 0.29) is 17.0 Å². The van der Waals surface area contributed by atoms with Crippen molar-refractivity contribution < 1.29 is 14.0 Å². The number of aryl methyl sites for hydroxylation is 1. The van der Waals surface area contributed by atoms with Crippen LogP contribution in [0.2, 0.25) is 0 Å². The first kappa shape index (κ1) is 24.9. The summed E-state index contributed by atoms with van der Waals surface area (Å²) in [5, 5.41) is 3.78. The highest BCUT2D eigenvalue weighted by atomic mass is 16.3. The Morgan fingerprint density at radius 3 is 2.35 bits per heavy atom. The number of hydrogen-bond acceptors (Lipinski definition) is 5. The molecule has 37 heavy (non-hydrogen) atoms. The third-order valence-corrected chi connectivity index (χ3v) is 7.82. The molecular formula is C32H33NO4. The number of allylic oxidation sites excluding steroid dienone is 4. The molecule has 1 atom stereocenters. The Kier molecular flexibility index (Phi) is 6.96. The molecule has 5 rings (SSSR count). The average Bonchev–Trinajstić information content (AvgIpc) is 3.40. The molecule has 5 nitrogen and oxygen atoms in total. The van der Waals surface area contributed by atoms with Crippen LogP contribution in [0.25, 0.3) is 11.0 Å². The number of dihydropyridines is 1. The van der Waals surface area contributed by atoms with Gasteiger partial charge in [-0.3, -0.25) is 14.4 Å². The number of Topliss-reactive ketones (excluding diaryl/α,β-unsaturated/α-hetero) is 2. The minimum Gasteiger partial charge on any atom is -0.461 e. The lowest BCUT2D eigenvalue weighted by Gasteiger charge is -2.32. The van der Waals surface area contributed by atoms with Gasteiger partial charge >= 0.3 is 0 Å². The molecule has 0 bridgehead atoms. The molecule has 1 aliphatic carbocycles. The summed E-state index contributed by atoms with van der Waals surface area (Å²) in [6, 6.07) is 16.0. The van der Waals surface area contributed by atoms with Crippen molar-refractivity contribution in [1.29, 1.82) is 0 Å². The van der Waals surface area contributed by atoms with Crippen LogP contribution >= 0.6 is 0 Å². The maximum Gasteiger partial charge on any atom is 0.192 e. The average molecular weight is 496 g/mol. The minimum atomic E-state index is -0.640. The molecule has 1 saturated carbocycles. The molecule has 0 amide bonds. The molecule has 0 spiro atoms. The van der Waals surface area contributed by atoms with Gasteiger partial charge in [-0.25, -0.2) is 0 Å². The van der Waals surface area contributed by atoms with Gasteiger partial charge in [0, 0.05) is 52.1 Å². The van der Waals surface area contributed by atoms with Crippen LogP contribution in [0.15, 0.2) is 86.3 Å². The van der Waals surface area contributed by atoms with Gasteiger partial charge in [0.05, 0.1) is 5.39 Å². The van der Waals surface area contributed by atoms with Gasteiger partial charge in [-0.1, -0.05) is 68.1 Å². The second-order valence-electron chi connectivity index (χ2n) is 10.4. The Morgan fingerprint density at radius 1 is 0.919 bits per heavy atom. The van der Waals surface area contributed by atoms with Crippen LogP contribution < -0.4 is 10.7 Å². The Morgan fingerprint density at radius 2 is 1.62 bits per heavy atom. The lowest BCUT2D eigenvalue weighted by Crippen LogP contribution is -2.31. The number of ketones is 2. The van der Waals surface area contributed by atoms with E-state index >= 15 is 0 Å². The lowest BCUT2D eigenvalue weighted by molar-refractivity contribution is -0.116. The summed E-state index contributed by atoms with van der Waals surface area (Å²) in [4.78, 5) is 40.7. The molecule has 1 N–H and O–H groups in total. The van der Waals surface area contributed by atoms with Crippen LogP contribution in [0.1, 0.15) is 80.0 Å². The van der Waals surface area contributed by atoms with Crippen LogP contribution in [-0.2, 0) is 4.79 Å². The summed E-state index contributed by atoms with van der Waals surface area (Å²) in [5.74, 6) is 0.334. The summed E-state index contributed by atoms with van der Waals surface area (Å²) in [6.07, 6.45) is 6.12. The van der Waals surface area contributed by atoms with Crippen LogP contribution in [0, 0.1) is 12.8 Å². The maximum atomic E-state index is 14.0. The first-order valence-corrected chi connectivity index (χ1v) is 13.2. The van der Waals surface area contributed by atoms with Crippen molar-refractivity contribution in [1.82, 2.24) is 5.32 Å². The molecule has 2 heterocycles. The van der Waals surface area contributed by atoms with E-state index in [0.717, 1.165) is 12.1 Å². The van der Waals surface area contributed by atoms with E-state index in [0.29, 0.717) is 57.0 Å². The van der Waals surface area contributed by atoms with Crippen molar-refractivity contribution in [2.75, 3.05) is 0 Å². The third kappa shape index (κ3) is 4.83. The molecule has 0 saturated heterocycles. The van der Waals surface area contributed by atoms with Gasteiger partial charge in [0.25, 0.3) is 0 Å².